The molecule has 0 radical (unpaired) electrons. The standard InChI is InChI=1S/C9H13N3S/c1-8(2)7-12-5-4-11-9(12)13-6-3-10/h4-5,8H,6-7H2,1-2H3. The van der Waals surface area contributed by atoms with Gasteiger partial charge in [0, 0.05) is 18.9 Å². The van der Waals surface area contributed by atoms with E-state index in [2.05, 4.69) is 29.5 Å². The van der Waals surface area contributed by atoms with Gasteiger partial charge < -0.3 is 4.57 Å². The Morgan fingerprint density at radius 3 is 3.08 bits per heavy atom. The molecule has 0 fully saturated rings. The molecule has 1 aromatic heterocycles. The van der Waals surface area contributed by atoms with Gasteiger partial charge >= 0.3 is 0 Å². The van der Waals surface area contributed by atoms with Crippen LogP contribution in [0.5, 0.6) is 0 Å². The van der Waals surface area contributed by atoms with Crippen LogP contribution >= 0.6 is 11.8 Å². The Hall–Kier alpha value is -0.950. The Balaban J connectivity index is 2.61. The minimum Gasteiger partial charge on any atom is -0.326 e. The second-order valence-corrected chi connectivity index (χ2v) is 4.15. The third kappa shape index (κ3) is 3.11. The SMILES string of the molecule is CC(C)Cn1ccnc1SCC#N. The highest BCUT2D eigenvalue weighted by Gasteiger charge is 2.04. The zero-order valence-corrected chi connectivity index (χ0v) is 8.71. The maximum Gasteiger partial charge on any atom is 0.168 e. The lowest BCUT2D eigenvalue weighted by Gasteiger charge is -2.08. The van der Waals surface area contributed by atoms with E-state index in [4.69, 9.17) is 5.26 Å². The summed E-state index contributed by atoms with van der Waals surface area (Å²) in [7, 11) is 0. The van der Waals surface area contributed by atoms with Crippen molar-refractivity contribution in [1.82, 2.24) is 9.55 Å². The van der Waals surface area contributed by atoms with Crippen LogP contribution in [0.4, 0.5) is 0 Å². The average molecular weight is 195 g/mol. The van der Waals surface area contributed by atoms with E-state index in [1.807, 2.05) is 6.20 Å². The second-order valence-electron chi connectivity index (χ2n) is 3.20. The molecule has 0 amide bonds. The molecule has 0 atom stereocenters. The van der Waals surface area contributed by atoms with E-state index in [1.54, 1.807) is 6.20 Å². The van der Waals surface area contributed by atoms with E-state index in [1.165, 1.54) is 11.8 Å². The Labute approximate surface area is 82.8 Å². The molecule has 13 heavy (non-hydrogen) atoms. The van der Waals surface area contributed by atoms with Gasteiger partial charge in [-0.15, -0.1) is 0 Å². The highest BCUT2D eigenvalue weighted by atomic mass is 32.2. The summed E-state index contributed by atoms with van der Waals surface area (Å²) < 4.78 is 2.09. The third-order valence-corrected chi connectivity index (χ3v) is 2.38. The Bertz CT molecular complexity index is 298. The molecule has 0 saturated heterocycles. The lowest BCUT2D eigenvalue weighted by atomic mass is 10.2. The molecule has 0 aliphatic rings. The van der Waals surface area contributed by atoms with E-state index in [-0.39, 0.29) is 0 Å². The molecule has 0 aliphatic carbocycles. The van der Waals surface area contributed by atoms with Gasteiger partial charge in [0.2, 0.25) is 0 Å². The summed E-state index contributed by atoms with van der Waals surface area (Å²) in [4.78, 5) is 4.18. The Kier molecular flexibility index (Phi) is 3.84. The van der Waals surface area contributed by atoms with Crippen molar-refractivity contribution in [1.29, 1.82) is 5.26 Å². The number of imidazole rings is 1. The highest BCUT2D eigenvalue weighted by Crippen LogP contribution is 2.16. The molecule has 0 aliphatic heterocycles. The van der Waals surface area contributed by atoms with Crippen molar-refractivity contribution < 1.29 is 0 Å². The molecule has 3 nitrogen and oxygen atoms in total. The molecule has 1 rings (SSSR count). The summed E-state index contributed by atoms with van der Waals surface area (Å²) >= 11 is 1.49. The lowest BCUT2D eigenvalue weighted by Crippen LogP contribution is -2.04. The van der Waals surface area contributed by atoms with E-state index < -0.39 is 0 Å². The predicted molar refractivity (Wildman–Crippen MR) is 53.4 cm³/mol. The molecule has 1 aromatic rings. The first-order valence-electron chi connectivity index (χ1n) is 4.25. The van der Waals surface area contributed by atoms with Crippen LogP contribution in [0.25, 0.3) is 0 Å². The first kappa shape index (κ1) is 10.1. The average Bonchev–Trinajstić information content (AvgIpc) is 2.48. The van der Waals surface area contributed by atoms with Gasteiger partial charge in [-0.2, -0.15) is 5.26 Å². The first-order valence-corrected chi connectivity index (χ1v) is 5.23. The monoisotopic (exact) mass is 195 g/mol. The fourth-order valence-electron chi connectivity index (χ4n) is 1.06. The molecule has 0 bridgehead atoms. The van der Waals surface area contributed by atoms with Crippen LogP contribution in [-0.4, -0.2) is 15.3 Å². The van der Waals surface area contributed by atoms with Crippen LogP contribution in [0.1, 0.15) is 13.8 Å². The van der Waals surface area contributed by atoms with Gasteiger partial charge in [-0.3, -0.25) is 0 Å². The topological polar surface area (TPSA) is 41.6 Å². The van der Waals surface area contributed by atoms with Gasteiger partial charge in [0.1, 0.15) is 0 Å². The van der Waals surface area contributed by atoms with E-state index >= 15 is 0 Å². The Morgan fingerprint density at radius 1 is 1.69 bits per heavy atom. The smallest absolute Gasteiger partial charge is 0.168 e. The lowest BCUT2D eigenvalue weighted by molar-refractivity contribution is 0.494. The summed E-state index contributed by atoms with van der Waals surface area (Å²) in [6.07, 6.45) is 3.74. The van der Waals surface area contributed by atoms with Crippen molar-refractivity contribution in [2.45, 2.75) is 25.5 Å². The number of nitrogens with zero attached hydrogens (tertiary/aromatic N) is 3. The number of rotatable bonds is 4. The fourth-order valence-corrected chi connectivity index (χ4v) is 1.70. The minimum absolute atomic E-state index is 0.467. The summed E-state index contributed by atoms with van der Waals surface area (Å²) in [5, 5.41) is 9.37. The zero-order valence-electron chi connectivity index (χ0n) is 7.90. The van der Waals surface area contributed by atoms with Gasteiger partial charge in [-0.25, -0.2) is 4.98 Å². The number of aromatic nitrogens is 2. The van der Waals surface area contributed by atoms with E-state index in [0.29, 0.717) is 11.7 Å². The highest BCUT2D eigenvalue weighted by molar-refractivity contribution is 7.99. The normalized spacial score (nSPS) is 10.3. The number of hydrogen-bond acceptors (Lipinski definition) is 3. The van der Waals surface area contributed by atoms with Crippen LogP contribution in [0.2, 0.25) is 0 Å². The molecule has 1 heterocycles. The summed E-state index contributed by atoms with van der Waals surface area (Å²) in [5.74, 6) is 1.07. The number of hydrogen-bond donors (Lipinski definition) is 0. The molecule has 0 unspecified atom stereocenters. The van der Waals surface area contributed by atoms with Crippen LogP contribution in [0.3, 0.4) is 0 Å². The largest absolute Gasteiger partial charge is 0.326 e. The maximum atomic E-state index is 8.43. The molecule has 0 N–H and O–H groups in total. The molecule has 4 heteroatoms. The third-order valence-electron chi connectivity index (χ3n) is 1.50. The molecule has 0 aromatic carbocycles. The van der Waals surface area contributed by atoms with Crippen molar-refractivity contribution in [3.05, 3.63) is 12.4 Å². The summed E-state index contributed by atoms with van der Waals surface area (Å²) in [6, 6.07) is 2.10. The van der Waals surface area contributed by atoms with Crippen LogP contribution in [0.15, 0.2) is 17.6 Å². The molecular formula is C9H13N3S. The van der Waals surface area contributed by atoms with Crippen molar-refractivity contribution in [2.24, 2.45) is 5.92 Å². The molecule has 0 spiro atoms. The van der Waals surface area contributed by atoms with Crippen molar-refractivity contribution >= 4 is 11.8 Å². The molecular weight excluding hydrogens is 182 g/mol. The maximum absolute atomic E-state index is 8.43. The van der Waals surface area contributed by atoms with Crippen LogP contribution < -0.4 is 0 Å². The van der Waals surface area contributed by atoms with Crippen molar-refractivity contribution in [3.63, 3.8) is 0 Å². The van der Waals surface area contributed by atoms with Gasteiger partial charge in [-0.1, -0.05) is 25.6 Å². The van der Waals surface area contributed by atoms with Crippen molar-refractivity contribution in [2.75, 3.05) is 5.75 Å². The van der Waals surface area contributed by atoms with Gasteiger partial charge in [0.15, 0.2) is 5.16 Å². The van der Waals surface area contributed by atoms with Gasteiger partial charge in [-0.05, 0) is 5.92 Å². The zero-order chi connectivity index (χ0) is 9.68. The van der Waals surface area contributed by atoms with Gasteiger partial charge in [0.05, 0.1) is 11.8 Å². The fraction of sp³-hybridized carbons (Fsp3) is 0.556. The van der Waals surface area contributed by atoms with Crippen LogP contribution in [-0.2, 0) is 6.54 Å². The van der Waals surface area contributed by atoms with E-state index in [0.717, 1.165) is 11.7 Å². The van der Waals surface area contributed by atoms with E-state index in [9.17, 15) is 0 Å². The first-order chi connectivity index (χ1) is 6.24. The Morgan fingerprint density at radius 2 is 2.46 bits per heavy atom. The minimum atomic E-state index is 0.467. The van der Waals surface area contributed by atoms with Crippen LogP contribution in [0, 0.1) is 17.2 Å². The molecule has 70 valence electrons. The van der Waals surface area contributed by atoms with Crippen molar-refractivity contribution in [3.8, 4) is 6.07 Å². The second kappa shape index (κ2) is 4.93. The number of thioether (sulfide) groups is 1. The quantitative estimate of drug-likeness (QED) is 0.691. The van der Waals surface area contributed by atoms with Gasteiger partial charge in [0.25, 0.3) is 0 Å². The summed E-state index contributed by atoms with van der Waals surface area (Å²) in [6.45, 7) is 5.30. The molecule has 0 saturated carbocycles. The summed E-state index contributed by atoms with van der Waals surface area (Å²) in [5.41, 5.74) is 0. The predicted octanol–water partition coefficient (Wildman–Crippen LogP) is 2.15. The number of nitriles is 1.